The second kappa shape index (κ2) is 6.24. The van der Waals surface area contributed by atoms with Crippen LogP contribution in [0.15, 0.2) is 42.6 Å². The Kier molecular flexibility index (Phi) is 3.92. The molecule has 0 fully saturated rings. The van der Waals surface area contributed by atoms with E-state index >= 15 is 0 Å². The van der Waals surface area contributed by atoms with Gasteiger partial charge in [-0.05, 0) is 55.7 Å². The highest BCUT2D eigenvalue weighted by Gasteiger charge is 2.28. The van der Waals surface area contributed by atoms with Gasteiger partial charge >= 0.3 is 0 Å². The van der Waals surface area contributed by atoms with Crippen molar-refractivity contribution in [3.63, 3.8) is 0 Å². The Morgan fingerprint density at radius 3 is 2.80 bits per heavy atom. The number of methoxy groups -OCH3 is 1. The van der Waals surface area contributed by atoms with Crippen molar-refractivity contribution in [3.8, 4) is 5.75 Å². The molecule has 0 saturated carbocycles. The average molecular weight is 335 g/mol. The van der Waals surface area contributed by atoms with Gasteiger partial charge in [0.15, 0.2) is 0 Å². The number of fused-ring (bicyclic) bond motifs is 3. The normalized spacial score (nSPS) is 16.5. The summed E-state index contributed by atoms with van der Waals surface area (Å²) in [6.45, 7) is 2.07. The minimum atomic E-state index is -0.0324. The molecule has 2 aromatic heterocycles. The first-order chi connectivity index (χ1) is 12.1. The standard InChI is InChI=1S/C20H21N3O2/c1-13-3-10-19-22-17-9-4-14(11-18(17)23(19)12-13)20(24)21-15-5-7-16(25-2)8-6-15/h3,5-8,10,12,14H,4,9,11H2,1-2H3,(H,21,24). The lowest BCUT2D eigenvalue weighted by Gasteiger charge is -2.21. The molecule has 1 aliphatic rings. The number of nitrogens with one attached hydrogen (secondary N) is 1. The highest BCUT2D eigenvalue weighted by Crippen LogP contribution is 2.28. The molecule has 0 aliphatic heterocycles. The molecular weight excluding hydrogens is 314 g/mol. The molecule has 4 rings (SSSR count). The van der Waals surface area contributed by atoms with Crippen molar-refractivity contribution in [2.45, 2.75) is 26.2 Å². The van der Waals surface area contributed by atoms with Crippen LogP contribution in [0.1, 0.15) is 23.4 Å². The summed E-state index contributed by atoms with van der Waals surface area (Å²) in [5, 5.41) is 3.02. The molecule has 0 saturated heterocycles. The van der Waals surface area contributed by atoms with Gasteiger partial charge in [-0.2, -0.15) is 0 Å². The second-order valence-electron chi connectivity index (χ2n) is 6.60. The summed E-state index contributed by atoms with van der Waals surface area (Å²) < 4.78 is 7.29. The number of hydrogen-bond donors (Lipinski definition) is 1. The van der Waals surface area contributed by atoms with E-state index in [1.165, 1.54) is 11.3 Å². The number of carbonyl (C=O) groups is 1. The third kappa shape index (κ3) is 2.97. The molecule has 1 atom stereocenters. The Labute approximate surface area is 146 Å². The molecule has 25 heavy (non-hydrogen) atoms. The van der Waals surface area contributed by atoms with Gasteiger partial charge in [-0.25, -0.2) is 4.98 Å². The molecule has 1 amide bonds. The fourth-order valence-corrected chi connectivity index (χ4v) is 3.45. The number of aromatic nitrogens is 2. The van der Waals surface area contributed by atoms with Crippen molar-refractivity contribution < 1.29 is 9.53 Å². The molecule has 5 heteroatoms. The van der Waals surface area contributed by atoms with Crippen molar-refractivity contribution in [1.29, 1.82) is 0 Å². The van der Waals surface area contributed by atoms with Crippen molar-refractivity contribution >= 4 is 17.2 Å². The van der Waals surface area contributed by atoms with Crippen molar-refractivity contribution in [3.05, 3.63) is 59.5 Å². The van der Waals surface area contributed by atoms with Crippen molar-refractivity contribution in [2.24, 2.45) is 5.92 Å². The van der Waals surface area contributed by atoms with Crippen molar-refractivity contribution in [2.75, 3.05) is 12.4 Å². The summed E-state index contributed by atoms with van der Waals surface area (Å²) in [5.41, 5.74) is 5.24. The third-order valence-electron chi connectivity index (χ3n) is 4.85. The zero-order valence-electron chi connectivity index (χ0n) is 14.5. The molecule has 1 aromatic carbocycles. The number of rotatable bonds is 3. The molecule has 0 bridgehead atoms. The third-order valence-corrected chi connectivity index (χ3v) is 4.85. The molecule has 5 nitrogen and oxygen atoms in total. The Morgan fingerprint density at radius 2 is 2.04 bits per heavy atom. The second-order valence-corrected chi connectivity index (χ2v) is 6.60. The van der Waals surface area contributed by atoms with Crippen LogP contribution in [-0.2, 0) is 17.6 Å². The number of amides is 1. The Morgan fingerprint density at radius 1 is 1.24 bits per heavy atom. The lowest BCUT2D eigenvalue weighted by atomic mass is 9.89. The molecular formula is C20H21N3O2. The van der Waals surface area contributed by atoms with Crippen LogP contribution in [-0.4, -0.2) is 22.4 Å². The molecule has 2 heterocycles. The van der Waals surface area contributed by atoms with Gasteiger partial charge in [0.1, 0.15) is 11.4 Å². The average Bonchev–Trinajstić information content (AvgIpc) is 2.99. The molecule has 1 unspecified atom stereocenters. The lowest BCUT2D eigenvalue weighted by molar-refractivity contribution is -0.120. The fraction of sp³-hybridized carbons (Fsp3) is 0.300. The summed E-state index contributed by atoms with van der Waals surface area (Å²) in [5.74, 6) is 0.815. The molecule has 0 spiro atoms. The smallest absolute Gasteiger partial charge is 0.227 e. The van der Waals surface area contributed by atoms with Crippen LogP contribution in [0.25, 0.3) is 5.65 Å². The SMILES string of the molecule is COc1ccc(NC(=O)C2CCc3nc4ccc(C)cn4c3C2)cc1. The van der Waals surface area contributed by atoms with Gasteiger partial charge in [0.05, 0.1) is 12.8 Å². The minimum absolute atomic E-state index is 0.0324. The highest BCUT2D eigenvalue weighted by molar-refractivity contribution is 5.92. The number of nitrogens with zero attached hydrogens (tertiary/aromatic N) is 2. The first kappa shape index (κ1) is 15.7. The molecule has 3 aromatic rings. The van der Waals surface area contributed by atoms with Gasteiger partial charge < -0.3 is 14.5 Å². The number of anilines is 1. The van der Waals surface area contributed by atoms with E-state index < -0.39 is 0 Å². The van der Waals surface area contributed by atoms with Gasteiger partial charge in [0, 0.05) is 29.9 Å². The molecule has 128 valence electrons. The maximum atomic E-state index is 12.7. The van der Waals surface area contributed by atoms with E-state index in [9.17, 15) is 4.79 Å². The van der Waals surface area contributed by atoms with Gasteiger partial charge in [-0.15, -0.1) is 0 Å². The Hall–Kier alpha value is -2.82. The largest absolute Gasteiger partial charge is 0.497 e. The zero-order chi connectivity index (χ0) is 17.4. The topological polar surface area (TPSA) is 55.6 Å². The summed E-state index contributed by atoms with van der Waals surface area (Å²) in [7, 11) is 1.63. The first-order valence-electron chi connectivity index (χ1n) is 8.55. The minimum Gasteiger partial charge on any atom is -0.497 e. The molecule has 1 aliphatic carbocycles. The highest BCUT2D eigenvalue weighted by atomic mass is 16.5. The van der Waals surface area contributed by atoms with Gasteiger partial charge in [0.2, 0.25) is 5.91 Å². The zero-order valence-corrected chi connectivity index (χ0v) is 14.5. The van der Waals surface area contributed by atoms with E-state index in [1.807, 2.05) is 30.3 Å². The van der Waals surface area contributed by atoms with E-state index in [1.54, 1.807) is 7.11 Å². The number of carbonyl (C=O) groups excluding carboxylic acids is 1. The van der Waals surface area contributed by atoms with Crippen LogP contribution in [0.4, 0.5) is 5.69 Å². The van der Waals surface area contributed by atoms with Crippen LogP contribution >= 0.6 is 0 Å². The van der Waals surface area contributed by atoms with Crippen LogP contribution in [0.5, 0.6) is 5.75 Å². The Bertz CT molecular complexity index is 928. The van der Waals surface area contributed by atoms with E-state index in [4.69, 9.17) is 9.72 Å². The molecule has 1 N–H and O–H groups in total. The van der Waals surface area contributed by atoms with Gasteiger partial charge in [-0.1, -0.05) is 6.07 Å². The predicted molar refractivity (Wildman–Crippen MR) is 97.1 cm³/mol. The van der Waals surface area contributed by atoms with Gasteiger partial charge in [-0.3, -0.25) is 4.79 Å². The van der Waals surface area contributed by atoms with Crippen LogP contribution in [0.3, 0.4) is 0 Å². The number of aryl methyl sites for hydroxylation is 2. The quantitative estimate of drug-likeness (QED) is 0.798. The van der Waals surface area contributed by atoms with E-state index in [-0.39, 0.29) is 11.8 Å². The van der Waals surface area contributed by atoms with E-state index in [2.05, 4.69) is 28.9 Å². The summed E-state index contributed by atoms with van der Waals surface area (Å²) >= 11 is 0. The Balaban J connectivity index is 1.53. The number of imidazole rings is 1. The first-order valence-corrected chi connectivity index (χ1v) is 8.55. The summed E-state index contributed by atoms with van der Waals surface area (Å²) in [6.07, 6.45) is 4.50. The number of hydrogen-bond acceptors (Lipinski definition) is 3. The summed E-state index contributed by atoms with van der Waals surface area (Å²) in [4.78, 5) is 17.4. The lowest BCUT2D eigenvalue weighted by Crippen LogP contribution is -2.28. The summed E-state index contributed by atoms with van der Waals surface area (Å²) in [6, 6.07) is 11.5. The van der Waals surface area contributed by atoms with E-state index in [0.29, 0.717) is 0 Å². The predicted octanol–water partition coefficient (Wildman–Crippen LogP) is 3.39. The molecule has 0 radical (unpaired) electrons. The van der Waals surface area contributed by atoms with Crippen LogP contribution < -0.4 is 10.1 Å². The number of ether oxygens (including phenoxy) is 1. The van der Waals surface area contributed by atoms with Gasteiger partial charge in [0.25, 0.3) is 0 Å². The maximum absolute atomic E-state index is 12.7. The number of benzene rings is 1. The van der Waals surface area contributed by atoms with Crippen LogP contribution in [0, 0.1) is 12.8 Å². The fourth-order valence-electron chi connectivity index (χ4n) is 3.45. The maximum Gasteiger partial charge on any atom is 0.227 e. The number of pyridine rings is 1. The monoisotopic (exact) mass is 335 g/mol. The van der Waals surface area contributed by atoms with E-state index in [0.717, 1.165) is 42.0 Å². The van der Waals surface area contributed by atoms with Crippen molar-refractivity contribution in [1.82, 2.24) is 9.38 Å². The van der Waals surface area contributed by atoms with Crippen LogP contribution in [0.2, 0.25) is 0 Å².